The van der Waals surface area contributed by atoms with Gasteiger partial charge in [0.2, 0.25) is 0 Å². The third-order valence-electron chi connectivity index (χ3n) is 8.32. The Balaban J connectivity index is 2.26. The van der Waals surface area contributed by atoms with E-state index in [1.807, 2.05) is 0 Å². The van der Waals surface area contributed by atoms with Crippen LogP contribution in [0.4, 0.5) is 0 Å². The van der Waals surface area contributed by atoms with E-state index in [1.165, 1.54) is 89.9 Å². The molecule has 0 spiro atoms. The molecule has 3 heteroatoms. The van der Waals surface area contributed by atoms with Gasteiger partial charge in [-0.3, -0.25) is 0 Å². The largest absolute Gasteiger partial charge is 0.323 e. The third kappa shape index (κ3) is 4.95. The molecule has 2 aliphatic rings. The van der Waals surface area contributed by atoms with Gasteiger partial charge in [0.15, 0.2) is 0 Å². The van der Waals surface area contributed by atoms with Crippen molar-refractivity contribution in [3.05, 3.63) is 0 Å². The lowest BCUT2D eigenvalue weighted by Gasteiger charge is -2.54. The lowest BCUT2D eigenvalue weighted by Crippen LogP contribution is -2.77. The summed E-state index contributed by atoms with van der Waals surface area (Å²) in [5.74, 6) is 0.720. The van der Waals surface area contributed by atoms with Crippen LogP contribution in [0, 0.1) is 5.92 Å². The smallest absolute Gasteiger partial charge is 0.0524 e. The molecule has 0 bridgehead atoms. The third-order valence-corrected chi connectivity index (χ3v) is 8.32. The average Bonchev–Trinajstić information content (AvgIpc) is 3.29. The molecule has 0 saturated heterocycles. The van der Waals surface area contributed by atoms with E-state index in [4.69, 9.17) is 11.5 Å². The molecule has 166 valence electrons. The second-order valence-electron chi connectivity index (χ2n) is 10.1. The number of rotatable bonds is 14. The summed E-state index contributed by atoms with van der Waals surface area (Å²) in [5.41, 5.74) is 14.4. The molecule has 3 nitrogen and oxygen atoms in total. The Morgan fingerprint density at radius 3 is 2.04 bits per heavy atom. The summed E-state index contributed by atoms with van der Waals surface area (Å²) in [5, 5.41) is 4.14. The van der Waals surface area contributed by atoms with Crippen LogP contribution in [0.25, 0.3) is 0 Å². The van der Waals surface area contributed by atoms with E-state index in [-0.39, 0.29) is 16.6 Å². The van der Waals surface area contributed by atoms with E-state index in [0.717, 1.165) is 31.7 Å². The highest BCUT2D eigenvalue weighted by Crippen LogP contribution is 2.55. The number of hydrogen-bond donors (Lipinski definition) is 3. The molecule has 0 aromatic rings. The molecule has 28 heavy (non-hydrogen) atoms. The summed E-state index contributed by atoms with van der Waals surface area (Å²) in [6, 6.07) is 0. The van der Waals surface area contributed by atoms with Gasteiger partial charge in [0.05, 0.1) is 5.54 Å². The standard InChI is InChI=1S/C25H51N3/c1-4-7-10-14-21-28-24(22-15-11-12-16-22)20-19-23(26,17-9-6-3)25(24,27)18-13-8-5-2/h22,28H,4-21,26-27H2,1-3H3. The van der Waals surface area contributed by atoms with E-state index in [9.17, 15) is 0 Å². The average molecular weight is 394 g/mol. The van der Waals surface area contributed by atoms with Gasteiger partial charge in [-0.1, -0.05) is 85.0 Å². The number of unbranched alkanes of at least 4 members (excludes halogenated alkanes) is 6. The van der Waals surface area contributed by atoms with Crippen molar-refractivity contribution in [2.75, 3.05) is 6.54 Å². The zero-order valence-electron chi connectivity index (χ0n) is 19.5. The van der Waals surface area contributed by atoms with Crippen LogP contribution in [-0.4, -0.2) is 23.2 Å². The zero-order chi connectivity index (χ0) is 20.5. The van der Waals surface area contributed by atoms with Gasteiger partial charge in [0, 0.05) is 11.1 Å². The highest BCUT2D eigenvalue weighted by Gasteiger charge is 2.65. The molecule has 0 radical (unpaired) electrons. The first-order valence-corrected chi connectivity index (χ1v) is 12.8. The molecular weight excluding hydrogens is 342 g/mol. The van der Waals surface area contributed by atoms with Crippen molar-refractivity contribution in [3.8, 4) is 0 Å². The zero-order valence-corrected chi connectivity index (χ0v) is 19.5. The van der Waals surface area contributed by atoms with Crippen LogP contribution in [-0.2, 0) is 0 Å². The molecule has 2 fully saturated rings. The minimum atomic E-state index is -0.260. The maximum atomic E-state index is 7.53. The lowest BCUT2D eigenvalue weighted by molar-refractivity contribution is 0.0725. The van der Waals surface area contributed by atoms with Gasteiger partial charge < -0.3 is 16.8 Å². The Morgan fingerprint density at radius 1 is 0.750 bits per heavy atom. The molecule has 0 amide bonds. The van der Waals surface area contributed by atoms with E-state index in [1.54, 1.807) is 0 Å². The molecule has 0 aromatic carbocycles. The highest BCUT2D eigenvalue weighted by molar-refractivity contribution is 5.27. The quantitative estimate of drug-likeness (QED) is 0.315. The van der Waals surface area contributed by atoms with Gasteiger partial charge in [-0.25, -0.2) is 0 Å². The monoisotopic (exact) mass is 393 g/mol. The molecule has 5 N–H and O–H groups in total. The Labute approximate surface area is 176 Å². The molecule has 0 heterocycles. The van der Waals surface area contributed by atoms with E-state index < -0.39 is 0 Å². The number of nitrogens with two attached hydrogens (primary N) is 2. The molecular formula is C25H51N3. The van der Waals surface area contributed by atoms with Crippen molar-refractivity contribution in [3.63, 3.8) is 0 Å². The molecule has 2 rings (SSSR count). The first-order chi connectivity index (χ1) is 13.5. The predicted octanol–water partition coefficient (Wildman–Crippen LogP) is 6.04. The van der Waals surface area contributed by atoms with Gasteiger partial charge in [-0.2, -0.15) is 0 Å². The summed E-state index contributed by atoms with van der Waals surface area (Å²) in [4.78, 5) is 0. The van der Waals surface area contributed by atoms with E-state index in [0.29, 0.717) is 0 Å². The van der Waals surface area contributed by atoms with Crippen molar-refractivity contribution >= 4 is 0 Å². The lowest BCUT2D eigenvalue weighted by atomic mass is 9.62. The SMILES string of the molecule is CCCCCCNC1(C2CCCC2)CCC(N)(CCCC)C1(N)CCCCC. The van der Waals surface area contributed by atoms with Crippen LogP contribution in [0.5, 0.6) is 0 Å². The molecule has 2 saturated carbocycles. The molecule has 0 aliphatic heterocycles. The summed E-state index contributed by atoms with van der Waals surface area (Å²) < 4.78 is 0. The Hall–Kier alpha value is -0.120. The topological polar surface area (TPSA) is 64.1 Å². The Bertz CT molecular complexity index is 434. The van der Waals surface area contributed by atoms with Crippen molar-refractivity contribution in [2.45, 2.75) is 147 Å². The van der Waals surface area contributed by atoms with E-state index >= 15 is 0 Å². The molecule has 2 aliphatic carbocycles. The summed E-state index contributed by atoms with van der Waals surface area (Å²) in [6.45, 7) is 7.98. The van der Waals surface area contributed by atoms with Crippen molar-refractivity contribution in [1.82, 2.24) is 5.32 Å². The van der Waals surface area contributed by atoms with Crippen molar-refractivity contribution in [1.29, 1.82) is 0 Å². The van der Waals surface area contributed by atoms with Gasteiger partial charge in [-0.05, 0) is 57.4 Å². The van der Waals surface area contributed by atoms with Gasteiger partial charge in [-0.15, -0.1) is 0 Å². The van der Waals surface area contributed by atoms with Crippen LogP contribution < -0.4 is 16.8 Å². The maximum absolute atomic E-state index is 7.53. The van der Waals surface area contributed by atoms with Crippen LogP contribution in [0.15, 0.2) is 0 Å². The number of nitrogens with one attached hydrogen (secondary N) is 1. The fourth-order valence-corrected chi connectivity index (χ4v) is 6.52. The molecule has 3 unspecified atom stereocenters. The van der Waals surface area contributed by atoms with Crippen molar-refractivity contribution in [2.24, 2.45) is 17.4 Å². The van der Waals surface area contributed by atoms with Gasteiger partial charge >= 0.3 is 0 Å². The summed E-state index contributed by atoms with van der Waals surface area (Å²) in [6.07, 6.45) is 21.4. The fourth-order valence-electron chi connectivity index (χ4n) is 6.52. The summed E-state index contributed by atoms with van der Waals surface area (Å²) in [7, 11) is 0. The minimum absolute atomic E-state index is 0.0615. The summed E-state index contributed by atoms with van der Waals surface area (Å²) >= 11 is 0. The normalized spacial score (nSPS) is 33.8. The predicted molar refractivity (Wildman–Crippen MR) is 124 cm³/mol. The van der Waals surface area contributed by atoms with Crippen molar-refractivity contribution < 1.29 is 0 Å². The second kappa shape index (κ2) is 11.3. The van der Waals surface area contributed by atoms with Gasteiger partial charge in [0.1, 0.15) is 0 Å². The first kappa shape index (κ1) is 24.2. The van der Waals surface area contributed by atoms with E-state index in [2.05, 4.69) is 26.1 Å². The molecule has 3 atom stereocenters. The first-order valence-electron chi connectivity index (χ1n) is 12.8. The second-order valence-corrected chi connectivity index (χ2v) is 10.1. The van der Waals surface area contributed by atoms with Crippen LogP contribution in [0.2, 0.25) is 0 Å². The van der Waals surface area contributed by atoms with Crippen LogP contribution in [0.1, 0.15) is 130 Å². The minimum Gasteiger partial charge on any atom is -0.323 e. The fraction of sp³-hybridized carbons (Fsp3) is 1.00. The number of hydrogen-bond acceptors (Lipinski definition) is 3. The Kier molecular flexibility index (Phi) is 9.76. The van der Waals surface area contributed by atoms with Crippen LogP contribution in [0.3, 0.4) is 0 Å². The maximum Gasteiger partial charge on any atom is 0.0524 e. The molecule has 0 aromatic heterocycles. The van der Waals surface area contributed by atoms with Crippen LogP contribution >= 0.6 is 0 Å². The highest BCUT2D eigenvalue weighted by atomic mass is 15.1. The van der Waals surface area contributed by atoms with Gasteiger partial charge in [0.25, 0.3) is 0 Å². The Morgan fingerprint density at radius 2 is 1.39 bits per heavy atom.